The van der Waals surface area contributed by atoms with E-state index >= 15 is 0 Å². The summed E-state index contributed by atoms with van der Waals surface area (Å²) in [6, 6.07) is 14.6. The second kappa shape index (κ2) is 5.53. The second-order valence-corrected chi connectivity index (χ2v) is 6.41. The van der Waals surface area contributed by atoms with Gasteiger partial charge in [-0.3, -0.25) is 4.31 Å². The minimum Gasteiger partial charge on any atom is -0.269 e. The van der Waals surface area contributed by atoms with E-state index in [1.54, 1.807) is 30.3 Å². The number of benzene rings is 2. The van der Waals surface area contributed by atoms with Gasteiger partial charge in [-0.25, -0.2) is 8.42 Å². The number of hydrogen-bond acceptors (Lipinski definition) is 3. The highest BCUT2D eigenvalue weighted by atomic mass is 35.5. The van der Waals surface area contributed by atoms with Crippen LogP contribution >= 0.6 is 11.6 Å². The molecule has 0 bridgehead atoms. The third-order valence-corrected chi connectivity index (χ3v) is 5.10. The fourth-order valence-corrected chi connectivity index (χ4v) is 3.39. The fraction of sp³-hybridized carbons (Fsp3) is 0.0714. The predicted molar refractivity (Wildman–Crippen MR) is 78.2 cm³/mol. The normalized spacial score (nSPS) is 10.8. The average Bonchev–Trinajstić information content (AvgIpc) is 2.46. The molecule has 2 aromatic carbocycles. The maximum atomic E-state index is 12.5. The SMILES string of the molecule is CN(c1cccc(C#N)c1)S(=O)(=O)c1ccccc1Cl. The third-order valence-electron chi connectivity index (χ3n) is 2.81. The molecule has 0 unspecified atom stereocenters. The van der Waals surface area contributed by atoms with Gasteiger partial charge in [0.25, 0.3) is 10.0 Å². The number of nitriles is 1. The number of halogens is 1. The van der Waals surface area contributed by atoms with Crippen LogP contribution in [0.1, 0.15) is 5.56 Å². The zero-order valence-corrected chi connectivity index (χ0v) is 12.2. The van der Waals surface area contributed by atoms with Crippen molar-refractivity contribution in [3.63, 3.8) is 0 Å². The molecule has 0 radical (unpaired) electrons. The summed E-state index contributed by atoms with van der Waals surface area (Å²) >= 11 is 5.94. The van der Waals surface area contributed by atoms with Crippen molar-refractivity contribution in [1.29, 1.82) is 5.26 Å². The molecule has 2 aromatic rings. The van der Waals surface area contributed by atoms with Crippen LogP contribution in [0.4, 0.5) is 5.69 Å². The second-order valence-electron chi connectivity index (χ2n) is 4.07. The average molecular weight is 307 g/mol. The molecule has 2 rings (SSSR count). The fourth-order valence-electron chi connectivity index (χ4n) is 1.71. The minimum absolute atomic E-state index is 0.0338. The number of hydrogen-bond donors (Lipinski definition) is 0. The molecule has 0 aliphatic rings. The summed E-state index contributed by atoms with van der Waals surface area (Å²) in [5.74, 6) is 0. The first kappa shape index (κ1) is 14.4. The maximum Gasteiger partial charge on any atom is 0.265 e. The van der Waals surface area contributed by atoms with E-state index in [4.69, 9.17) is 16.9 Å². The topological polar surface area (TPSA) is 61.2 Å². The van der Waals surface area contributed by atoms with Crippen LogP contribution in [-0.4, -0.2) is 15.5 Å². The van der Waals surface area contributed by atoms with Gasteiger partial charge in [0, 0.05) is 7.05 Å². The van der Waals surface area contributed by atoms with Gasteiger partial charge in [0.2, 0.25) is 0 Å². The van der Waals surface area contributed by atoms with Gasteiger partial charge in [0.05, 0.1) is 22.3 Å². The summed E-state index contributed by atoms with van der Waals surface area (Å²) in [6.45, 7) is 0. The van der Waals surface area contributed by atoms with Gasteiger partial charge in [-0.1, -0.05) is 29.8 Å². The van der Waals surface area contributed by atoms with E-state index in [0.29, 0.717) is 11.3 Å². The zero-order chi connectivity index (χ0) is 14.8. The van der Waals surface area contributed by atoms with E-state index in [2.05, 4.69) is 0 Å². The van der Waals surface area contributed by atoms with Crippen molar-refractivity contribution in [2.75, 3.05) is 11.4 Å². The molecule has 20 heavy (non-hydrogen) atoms. The molecule has 0 amide bonds. The van der Waals surface area contributed by atoms with Gasteiger partial charge in [-0.15, -0.1) is 0 Å². The minimum atomic E-state index is -3.76. The van der Waals surface area contributed by atoms with E-state index in [-0.39, 0.29) is 9.92 Å². The van der Waals surface area contributed by atoms with Gasteiger partial charge in [-0.05, 0) is 30.3 Å². The molecule has 0 fully saturated rings. The lowest BCUT2D eigenvalue weighted by Crippen LogP contribution is -2.26. The molecule has 6 heteroatoms. The first-order valence-electron chi connectivity index (χ1n) is 5.70. The van der Waals surface area contributed by atoms with Gasteiger partial charge in [-0.2, -0.15) is 5.26 Å². The smallest absolute Gasteiger partial charge is 0.265 e. The van der Waals surface area contributed by atoms with Crippen molar-refractivity contribution in [2.24, 2.45) is 0 Å². The van der Waals surface area contributed by atoms with Gasteiger partial charge in [0.15, 0.2) is 0 Å². The Bertz CT molecular complexity index is 782. The summed E-state index contributed by atoms with van der Waals surface area (Å²) < 4.78 is 26.1. The Kier molecular flexibility index (Phi) is 3.98. The van der Waals surface area contributed by atoms with Crippen molar-refractivity contribution < 1.29 is 8.42 Å². The molecule has 0 saturated carbocycles. The summed E-state index contributed by atoms with van der Waals surface area (Å²) in [4.78, 5) is 0.0338. The predicted octanol–water partition coefficient (Wildman–Crippen LogP) is 3.04. The van der Waals surface area contributed by atoms with Crippen molar-refractivity contribution in [3.8, 4) is 6.07 Å². The number of rotatable bonds is 3. The lowest BCUT2D eigenvalue weighted by Gasteiger charge is -2.20. The van der Waals surface area contributed by atoms with Crippen LogP contribution in [0.2, 0.25) is 5.02 Å². The van der Waals surface area contributed by atoms with E-state index in [9.17, 15) is 8.42 Å². The molecule has 4 nitrogen and oxygen atoms in total. The number of anilines is 1. The molecule has 0 spiro atoms. The first-order valence-corrected chi connectivity index (χ1v) is 7.52. The van der Waals surface area contributed by atoms with Crippen LogP contribution in [0.25, 0.3) is 0 Å². The first-order chi connectivity index (χ1) is 9.46. The Morgan fingerprint density at radius 2 is 1.85 bits per heavy atom. The monoisotopic (exact) mass is 306 g/mol. The third kappa shape index (κ3) is 2.62. The summed E-state index contributed by atoms with van der Waals surface area (Å²) in [5.41, 5.74) is 0.799. The molecular weight excluding hydrogens is 296 g/mol. The molecule has 0 aliphatic carbocycles. The van der Waals surface area contributed by atoms with Gasteiger partial charge >= 0.3 is 0 Å². The molecule has 0 aromatic heterocycles. The molecule has 0 N–H and O–H groups in total. The Labute approximate surface area is 122 Å². The Morgan fingerprint density at radius 1 is 1.15 bits per heavy atom. The highest BCUT2D eigenvalue weighted by Gasteiger charge is 2.23. The van der Waals surface area contributed by atoms with Crippen molar-refractivity contribution >= 4 is 27.3 Å². The summed E-state index contributed by atoms with van der Waals surface area (Å²) in [7, 11) is -2.33. The standard InChI is InChI=1S/C14H11ClN2O2S/c1-17(12-6-4-5-11(9-12)10-16)20(18,19)14-8-3-2-7-13(14)15/h2-9H,1H3. The van der Waals surface area contributed by atoms with Crippen molar-refractivity contribution in [1.82, 2.24) is 0 Å². The molecule has 0 aliphatic heterocycles. The largest absolute Gasteiger partial charge is 0.269 e. The Balaban J connectivity index is 2.49. The van der Waals surface area contributed by atoms with Crippen LogP contribution in [0, 0.1) is 11.3 Å². The Hall–Kier alpha value is -2.03. The van der Waals surface area contributed by atoms with E-state index < -0.39 is 10.0 Å². The molecule has 0 heterocycles. The van der Waals surface area contributed by atoms with Crippen molar-refractivity contribution in [2.45, 2.75) is 4.90 Å². The number of sulfonamides is 1. The molecular formula is C14H11ClN2O2S. The van der Waals surface area contributed by atoms with Gasteiger partial charge in [0.1, 0.15) is 4.90 Å². The highest BCUT2D eigenvalue weighted by molar-refractivity contribution is 7.93. The van der Waals surface area contributed by atoms with Crippen LogP contribution < -0.4 is 4.31 Å². The van der Waals surface area contributed by atoms with Crippen LogP contribution in [-0.2, 0) is 10.0 Å². The lowest BCUT2D eigenvalue weighted by molar-refractivity contribution is 0.594. The summed E-state index contributed by atoms with van der Waals surface area (Å²) in [5, 5.41) is 9.03. The number of nitrogens with zero attached hydrogens (tertiary/aromatic N) is 2. The zero-order valence-electron chi connectivity index (χ0n) is 10.6. The van der Waals surface area contributed by atoms with Crippen LogP contribution in [0.3, 0.4) is 0 Å². The van der Waals surface area contributed by atoms with Crippen LogP contribution in [0.5, 0.6) is 0 Å². The van der Waals surface area contributed by atoms with Crippen molar-refractivity contribution in [3.05, 3.63) is 59.1 Å². The molecule has 0 atom stereocenters. The lowest BCUT2D eigenvalue weighted by atomic mass is 10.2. The molecule has 102 valence electrons. The van der Waals surface area contributed by atoms with E-state index in [1.807, 2.05) is 6.07 Å². The highest BCUT2D eigenvalue weighted by Crippen LogP contribution is 2.27. The Morgan fingerprint density at radius 3 is 2.50 bits per heavy atom. The van der Waals surface area contributed by atoms with E-state index in [1.165, 1.54) is 25.2 Å². The molecule has 0 saturated heterocycles. The maximum absolute atomic E-state index is 12.5. The van der Waals surface area contributed by atoms with E-state index in [0.717, 1.165) is 4.31 Å². The van der Waals surface area contributed by atoms with Crippen LogP contribution in [0.15, 0.2) is 53.4 Å². The summed E-state index contributed by atoms with van der Waals surface area (Å²) in [6.07, 6.45) is 0. The quantitative estimate of drug-likeness (QED) is 0.875. The van der Waals surface area contributed by atoms with Gasteiger partial charge < -0.3 is 0 Å².